The van der Waals surface area contributed by atoms with Crippen LogP contribution in [0.1, 0.15) is 32.1 Å². The van der Waals surface area contributed by atoms with Crippen molar-refractivity contribution in [2.24, 2.45) is 0 Å². The van der Waals surface area contributed by atoms with Crippen molar-refractivity contribution in [1.29, 1.82) is 0 Å². The summed E-state index contributed by atoms with van der Waals surface area (Å²) in [6.07, 6.45) is 0.692. The molecule has 2 aromatic rings. The molecular weight excluding hydrogens is 232 g/mol. The average Bonchev–Trinajstić information content (AvgIpc) is 2.70. The van der Waals surface area contributed by atoms with Gasteiger partial charge in [0.1, 0.15) is 5.69 Å². The summed E-state index contributed by atoms with van der Waals surface area (Å²) in [6.45, 7) is 2.29. The van der Waals surface area contributed by atoms with Crippen molar-refractivity contribution in [3.8, 4) is 0 Å². The van der Waals surface area contributed by atoms with Crippen LogP contribution in [0.25, 0.3) is 0 Å². The Kier molecular flexibility index (Phi) is 3.23. The van der Waals surface area contributed by atoms with Crippen LogP contribution >= 0.6 is 0 Å². The topological polar surface area (TPSA) is 72.2 Å². The number of nitrogens with zero attached hydrogens (tertiary/aromatic N) is 2. The van der Waals surface area contributed by atoms with E-state index in [1.807, 2.05) is 13.0 Å². The van der Waals surface area contributed by atoms with Crippen molar-refractivity contribution < 1.29 is 14.7 Å². The lowest BCUT2D eigenvalue weighted by molar-refractivity contribution is 0.0696. The number of aryl methyl sites for hydroxylation is 1. The van der Waals surface area contributed by atoms with E-state index in [0.717, 1.165) is 11.3 Å². The van der Waals surface area contributed by atoms with E-state index in [-0.39, 0.29) is 5.56 Å². The van der Waals surface area contributed by atoms with Crippen LogP contribution in [0.5, 0.6) is 0 Å². The van der Waals surface area contributed by atoms with Crippen molar-refractivity contribution in [1.82, 2.24) is 9.78 Å². The van der Waals surface area contributed by atoms with Crippen LogP contribution in [0.3, 0.4) is 0 Å². The van der Waals surface area contributed by atoms with Crippen LogP contribution < -0.4 is 0 Å². The highest BCUT2D eigenvalue weighted by atomic mass is 16.4. The molecule has 0 unspecified atom stereocenters. The van der Waals surface area contributed by atoms with Gasteiger partial charge in [0, 0.05) is 5.69 Å². The second-order valence-corrected chi connectivity index (χ2v) is 3.99. The Morgan fingerprint density at radius 2 is 2.22 bits per heavy atom. The van der Waals surface area contributed by atoms with E-state index in [1.165, 1.54) is 0 Å². The molecule has 5 nitrogen and oxygen atoms in total. The first-order chi connectivity index (χ1) is 8.60. The van der Waals surface area contributed by atoms with Gasteiger partial charge in [0.05, 0.1) is 12.1 Å². The lowest BCUT2D eigenvalue weighted by Crippen LogP contribution is -2.05. The zero-order valence-electron chi connectivity index (χ0n) is 9.83. The van der Waals surface area contributed by atoms with Gasteiger partial charge < -0.3 is 5.11 Å². The second kappa shape index (κ2) is 4.83. The highest BCUT2D eigenvalue weighted by Gasteiger charge is 2.06. The number of hydrogen-bond acceptors (Lipinski definition) is 3. The maximum absolute atomic E-state index is 10.9. The lowest BCUT2D eigenvalue weighted by Gasteiger charge is -2.05. The molecule has 0 amide bonds. The van der Waals surface area contributed by atoms with Crippen LogP contribution in [0.4, 0.5) is 0 Å². The minimum atomic E-state index is -0.956. The molecule has 2 rings (SSSR count). The molecular formula is C13H12N2O3. The SMILES string of the molecule is Cc1cc(C=O)nn1Cc1cccc(C(=O)O)c1. The standard InChI is InChI=1S/C13H12N2O3/c1-9-5-12(8-16)14-15(9)7-10-3-2-4-11(6-10)13(17)18/h2-6,8H,7H2,1H3,(H,17,18). The molecule has 0 saturated carbocycles. The van der Waals surface area contributed by atoms with E-state index in [9.17, 15) is 9.59 Å². The minimum absolute atomic E-state index is 0.243. The summed E-state index contributed by atoms with van der Waals surface area (Å²) >= 11 is 0. The van der Waals surface area contributed by atoms with Gasteiger partial charge in [-0.25, -0.2) is 4.79 Å². The summed E-state index contributed by atoms with van der Waals surface area (Å²) in [4.78, 5) is 21.5. The fraction of sp³-hybridized carbons (Fsp3) is 0.154. The normalized spacial score (nSPS) is 10.3. The third-order valence-electron chi connectivity index (χ3n) is 2.63. The monoisotopic (exact) mass is 244 g/mol. The fourth-order valence-electron chi connectivity index (χ4n) is 1.73. The van der Waals surface area contributed by atoms with Gasteiger partial charge in [-0.2, -0.15) is 5.10 Å². The molecule has 1 heterocycles. The second-order valence-electron chi connectivity index (χ2n) is 3.99. The maximum Gasteiger partial charge on any atom is 0.335 e. The van der Waals surface area contributed by atoms with Gasteiger partial charge in [-0.3, -0.25) is 9.48 Å². The molecule has 5 heteroatoms. The maximum atomic E-state index is 10.9. The molecule has 1 aromatic heterocycles. The molecule has 92 valence electrons. The Morgan fingerprint density at radius 3 is 2.83 bits per heavy atom. The number of carbonyl (C=O) groups is 2. The molecule has 0 aliphatic carbocycles. The Labute approximate surface area is 104 Å². The third-order valence-corrected chi connectivity index (χ3v) is 2.63. The first kappa shape index (κ1) is 12.0. The van der Waals surface area contributed by atoms with Gasteiger partial charge in [-0.1, -0.05) is 12.1 Å². The van der Waals surface area contributed by atoms with Crippen LogP contribution in [0, 0.1) is 6.92 Å². The summed E-state index contributed by atoms with van der Waals surface area (Å²) in [5, 5.41) is 13.0. The molecule has 0 atom stereocenters. The minimum Gasteiger partial charge on any atom is -0.478 e. The van der Waals surface area contributed by atoms with E-state index < -0.39 is 5.97 Å². The van der Waals surface area contributed by atoms with Crippen molar-refractivity contribution in [2.45, 2.75) is 13.5 Å². The van der Waals surface area contributed by atoms with E-state index in [4.69, 9.17) is 5.11 Å². The van der Waals surface area contributed by atoms with Crippen molar-refractivity contribution in [3.05, 3.63) is 52.8 Å². The number of hydrogen-bond donors (Lipinski definition) is 1. The van der Waals surface area contributed by atoms with E-state index in [2.05, 4.69) is 5.10 Å². The lowest BCUT2D eigenvalue weighted by atomic mass is 10.1. The van der Waals surface area contributed by atoms with Gasteiger partial charge >= 0.3 is 5.97 Å². The van der Waals surface area contributed by atoms with Gasteiger partial charge in [-0.15, -0.1) is 0 Å². The summed E-state index contributed by atoms with van der Waals surface area (Å²) in [7, 11) is 0. The number of aromatic carboxylic acids is 1. The predicted molar refractivity (Wildman–Crippen MR) is 64.9 cm³/mol. The Balaban J connectivity index is 2.27. The molecule has 1 aromatic carbocycles. The van der Waals surface area contributed by atoms with Crippen LogP contribution in [0.15, 0.2) is 30.3 Å². The molecule has 0 spiro atoms. The summed E-state index contributed by atoms with van der Waals surface area (Å²) in [5.74, 6) is -0.956. The number of aromatic nitrogens is 2. The summed E-state index contributed by atoms with van der Waals surface area (Å²) in [5.41, 5.74) is 2.31. The summed E-state index contributed by atoms with van der Waals surface area (Å²) in [6, 6.07) is 8.35. The molecule has 0 radical (unpaired) electrons. The number of aldehydes is 1. The molecule has 18 heavy (non-hydrogen) atoms. The van der Waals surface area contributed by atoms with Gasteiger partial charge in [0.2, 0.25) is 0 Å². The molecule has 0 aliphatic heterocycles. The molecule has 1 N–H and O–H groups in total. The van der Waals surface area contributed by atoms with Gasteiger partial charge in [0.15, 0.2) is 6.29 Å². The Bertz CT molecular complexity index is 602. The van der Waals surface area contributed by atoms with Crippen LogP contribution in [-0.2, 0) is 6.54 Å². The number of benzene rings is 1. The highest BCUT2D eigenvalue weighted by Crippen LogP contribution is 2.09. The van der Waals surface area contributed by atoms with Crippen molar-refractivity contribution in [3.63, 3.8) is 0 Å². The average molecular weight is 244 g/mol. The van der Waals surface area contributed by atoms with E-state index >= 15 is 0 Å². The first-order valence-corrected chi connectivity index (χ1v) is 5.42. The Hall–Kier alpha value is -2.43. The van der Waals surface area contributed by atoms with E-state index in [0.29, 0.717) is 18.5 Å². The molecule has 0 bridgehead atoms. The summed E-state index contributed by atoms with van der Waals surface area (Å²) < 4.78 is 1.67. The number of carbonyl (C=O) groups excluding carboxylic acids is 1. The van der Waals surface area contributed by atoms with E-state index in [1.54, 1.807) is 28.9 Å². The largest absolute Gasteiger partial charge is 0.478 e. The molecule has 0 fully saturated rings. The van der Waals surface area contributed by atoms with Crippen LogP contribution in [0.2, 0.25) is 0 Å². The van der Waals surface area contributed by atoms with Crippen molar-refractivity contribution in [2.75, 3.05) is 0 Å². The smallest absolute Gasteiger partial charge is 0.335 e. The quantitative estimate of drug-likeness (QED) is 0.831. The third kappa shape index (κ3) is 2.45. The van der Waals surface area contributed by atoms with Crippen LogP contribution in [-0.4, -0.2) is 27.1 Å². The van der Waals surface area contributed by atoms with Gasteiger partial charge in [-0.05, 0) is 30.7 Å². The fourth-order valence-corrected chi connectivity index (χ4v) is 1.73. The zero-order valence-corrected chi connectivity index (χ0v) is 9.83. The molecule has 0 saturated heterocycles. The van der Waals surface area contributed by atoms with Crippen molar-refractivity contribution >= 4 is 12.3 Å². The zero-order chi connectivity index (χ0) is 13.1. The highest BCUT2D eigenvalue weighted by molar-refractivity contribution is 5.87. The number of rotatable bonds is 4. The number of carboxylic acid groups (broad SMARTS) is 1. The molecule has 0 aliphatic rings. The Morgan fingerprint density at radius 1 is 1.44 bits per heavy atom. The predicted octanol–water partition coefficient (Wildman–Crippen LogP) is 1.75. The van der Waals surface area contributed by atoms with Gasteiger partial charge in [0.25, 0.3) is 0 Å². The first-order valence-electron chi connectivity index (χ1n) is 5.42. The number of carboxylic acids is 1.